The molecule has 1 aromatic rings. The average Bonchev–Trinajstić information content (AvgIpc) is 2.99. The van der Waals surface area contributed by atoms with Gasteiger partial charge in [-0.15, -0.1) is 0 Å². The Labute approximate surface area is 101 Å². The molecule has 1 aliphatic carbocycles. The van der Waals surface area contributed by atoms with Gasteiger partial charge in [-0.1, -0.05) is 12.1 Å². The summed E-state index contributed by atoms with van der Waals surface area (Å²) in [7, 11) is 0. The molecule has 1 aliphatic rings. The summed E-state index contributed by atoms with van der Waals surface area (Å²) in [5.74, 6) is -1.32. The van der Waals surface area contributed by atoms with E-state index >= 15 is 0 Å². The molecule has 5 heteroatoms. The second-order valence-corrected chi connectivity index (χ2v) is 4.68. The van der Waals surface area contributed by atoms with Crippen LogP contribution in [-0.2, 0) is 4.79 Å². The molecular formula is C11H10BrNO3. The van der Waals surface area contributed by atoms with Crippen molar-refractivity contribution in [3.63, 3.8) is 0 Å². The zero-order chi connectivity index (χ0) is 11.8. The van der Waals surface area contributed by atoms with E-state index < -0.39 is 11.5 Å². The van der Waals surface area contributed by atoms with Gasteiger partial charge in [0.05, 0.1) is 5.56 Å². The fourth-order valence-electron chi connectivity index (χ4n) is 1.45. The van der Waals surface area contributed by atoms with Crippen molar-refractivity contribution in [1.82, 2.24) is 5.32 Å². The van der Waals surface area contributed by atoms with Crippen LogP contribution in [0.25, 0.3) is 0 Å². The van der Waals surface area contributed by atoms with Crippen molar-refractivity contribution in [2.24, 2.45) is 0 Å². The first kappa shape index (κ1) is 11.1. The SMILES string of the molecule is O=C(NC1(C(=O)O)CC1)c1ccccc1Br. The smallest absolute Gasteiger partial charge is 0.329 e. The van der Waals surface area contributed by atoms with E-state index in [4.69, 9.17) is 5.11 Å². The van der Waals surface area contributed by atoms with Gasteiger partial charge in [0, 0.05) is 4.47 Å². The minimum Gasteiger partial charge on any atom is -0.480 e. The van der Waals surface area contributed by atoms with Crippen LogP contribution in [0.3, 0.4) is 0 Å². The van der Waals surface area contributed by atoms with Crippen LogP contribution < -0.4 is 5.32 Å². The van der Waals surface area contributed by atoms with Crippen molar-refractivity contribution < 1.29 is 14.7 Å². The Morgan fingerprint density at radius 2 is 1.94 bits per heavy atom. The number of benzene rings is 1. The van der Waals surface area contributed by atoms with Crippen LogP contribution in [-0.4, -0.2) is 22.5 Å². The molecule has 0 heterocycles. The molecule has 0 atom stereocenters. The minimum atomic E-state index is -1.04. The average molecular weight is 284 g/mol. The number of hydrogen-bond acceptors (Lipinski definition) is 2. The number of aliphatic carboxylic acids is 1. The van der Waals surface area contributed by atoms with Gasteiger partial charge in [0.25, 0.3) is 5.91 Å². The third kappa shape index (κ3) is 1.95. The third-order valence-corrected chi connectivity index (χ3v) is 3.32. The number of carbonyl (C=O) groups excluding carboxylic acids is 1. The van der Waals surface area contributed by atoms with Crippen LogP contribution in [0, 0.1) is 0 Å². The molecule has 1 fully saturated rings. The summed E-state index contributed by atoms with van der Waals surface area (Å²) in [6, 6.07) is 6.93. The Morgan fingerprint density at radius 1 is 1.31 bits per heavy atom. The van der Waals surface area contributed by atoms with Crippen molar-refractivity contribution in [3.05, 3.63) is 34.3 Å². The third-order valence-electron chi connectivity index (χ3n) is 2.63. The zero-order valence-electron chi connectivity index (χ0n) is 8.37. The van der Waals surface area contributed by atoms with Gasteiger partial charge in [-0.3, -0.25) is 4.79 Å². The second kappa shape index (κ2) is 3.90. The summed E-state index contributed by atoms with van der Waals surface area (Å²) >= 11 is 3.25. The maximum atomic E-state index is 11.8. The van der Waals surface area contributed by atoms with Gasteiger partial charge in [0.1, 0.15) is 5.54 Å². The van der Waals surface area contributed by atoms with E-state index in [9.17, 15) is 9.59 Å². The van der Waals surface area contributed by atoms with Gasteiger partial charge in [-0.05, 0) is 40.9 Å². The van der Waals surface area contributed by atoms with E-state index in [1.807, 2.05) is 0 Å². The lowest BCUT2D eigenvalue weighted by Crippen LogP contribution is -2.43. The lowest BCUT2D eigenvalue weighted by atomic mass is 10.2. The fourth-order valence-corrected chi connectivity index (χ4v) is 1.91. The molecule has 84 valence electrons. The predicted octanol–water partition coefficient (Wildman–Crippen LogP) is 1.80. The molecular weight excluding hydrogens is 274 g/mol. The van der Waals surface area contributed by atoms with E-state index in [1.54, 1.807) is 24.3 Å². The molecule has 0 spiro atoms. The van der Waals surface area contributed by atoms with E-state index in [0.29, 0.717) is 22.9 Å². The fraction of sp³-hybridized carbons (Fsp3) is 0.273. The van der Waals surface area contributed by atoms with E-state index in [-0.39, 0.29) is 5.91 Å². The van der Waals surface area contributed by atoms with Gasteiger partial charge < -0.3 is 10.4 Å². The molecule has 1 saturated carbocycles. The quantitative estimate of drug-likeness (QED) is 0.889. The first-order valence-electron chi connectivity index (χ1n) is 4.86. The molecule has 4 nitrogen and oxygen atoms in total. The lowest BCUT2D eigenvalue weighted by Gasteiger charge is -2.12. The molecule has 1 amide bonds. The van der Waals surface area contributed by atoms with Gasteiger partial charge in [0.15, 0.2) is 0 Å². The predicted molar refractivity (Wildman–Crippen MR) is 61.2 cm³/mol. The number of carboxylic acid groups (broad SMARTS) is 1. The van der Waals surface area contributed by atoms with Crippen LogP contribution >= 0.6 is 15.9 Å². The van der Waals surface area contributed by atoms with Gasteiger partial charge in [-0.2, -0.15) is 0 Å². The van der Waals surface area contributed by atoms with Crippen LogP contribution in [0.5, 0.6) is 0 Å². The summed E-state index contributed by atoms with van der Waals surface area (Å²) in [5.41, 5.74) is -0.582. The van der Waals surface area contributed by atoms with Gasteiger partial charge in [0.2, 0.25) is 0 Å². The normalized spacial score (nSPS) is 16.6. The lowest BCUT2D eigenvalue weighted by molar-refractivity contribution is -0.140. The highest BCUT2D eigenvalue weighted by molar-refractivity contribution is 9.10. The number of rotatable bonds is 3. The van der Waals surface area contributed by atoms with E-state index in [2.05, 4.69) is 21.2 Å². The Kier molecular flexibility index (Phi) is 2.71. The largest absolute Gasteiger partial charge is 0.480 e. The number of halogens is 1. The standard InChI is InChI=1S/C11H10BrNO3/c12-8-4-2-1-3-7(8)9(14)13-11(5-6-11)10(15)16/h1-4H,5-6H2,(H,13,14)(H,15,16). The van der Waals surface area contributed by atoms with Crippen LogP contribution in [0.15, 0.2) is 28.7 Å². The number of hydrogen-bond donors (Lipinski definition) is 2. The zero-order valence-corrected chi connectivity index (χ0v) is 9.95. The molecule has 0 unspecified atom stereocenters. The first-order valence-corrected chi connectivity index (χ1v) is 5.65. The minimum absolute atomic E-state index is 0.354. The van der Waals surface area contributed by atoms with Crippen LogP contribution in [0.2, 0.25) is 0 Å². The molecule has 2 N–H and O–H groups in total. The highest BCUT2D eigenvalue weighted by Gasteiger charge is 2.51. The van der Waals surface area contributed by atoms with Gasteiger partial charge >= 0.3 is 5.97 Å². The van der Waals surface area contributed by atoms with Crippen molar-refractivity contribution in [3.8, 4) is 0 Å². The summed E-state index contributed by atoms with van der Waals surface area (Å²) in [6.45, 7) is 0. The number of amides is 1. The van der Waals surface area contributed by atoms with Crippen LogP contribution in [0.1, 0.15) is 23.2 Å². The van der Waals surface area contributed by atoms with Crippen molar-refractivity contribution >= 4 is 27.8 Å². The highest BCUT2D eigenvalue weighted by Crippen LogP contribution is 2.36. The van der Waals surface area contributed by atoms with Crippen LogP contribution in [0.4, 0.5) is 0 Å². The Balaban J connectivity index is 2.16. The topological polar surface area (TPSA) is 66.4 Å². The molecule has 2 rings (SSSR count). The summed E-state index contributed by atoms with van der Waals surface area (Å²) in [4.78, 5) is 22.7. The molecule has 0 saturated heterocycles. The molecule has 16 heavy (non-hydrogen) atoms. The molecule has 0 bridgehead atoms. The monoisotopic (exact) mass is 283 g/mol. The number of carboxylic acids is 1. The Hall–Kier alpha value is -1.36. The molecule has 0 aromatic heterocycles. The highest BCUT2D eigenvalue weighted by atomic mass is 79.9. The summed E-state index contributed by atoms with van der Waals surface area (Å²) < 4.78 is 0.661. The molecule has 1 aromatic carbocycles. The van der Waals surface area contributed by atoms with Gasteiger partial charge in [-0.25, -0.2) is 4.79 Å². The van der Waals surface area contributed by atoms with Crippen molar-refractivity contribution in [2.45, 2.75) is 18.4 Å². The van der Waals surface area contributed by atoms with E-state index in [0.717, 1.165) is 0 Å². The Morgan fingerprint density at radius 3 is 2.44 bits per heavy atom. The molecule has 0 radical (unpaired) electrons. The number of nitrogens with one attached hydrogen (secondary N) is 1. The second-order valence-electron chi connectivity index (χ2n) is 3.82. The Bertz CT molecular complexity index is 454. The van der Waals surface area contributed by atoms with Crippen molar-refractivity contribution in [1.29, 1.82) is 0 Å². The first-order chi connectivity index (χ1) is 7.55. The maximum Gasteiger partial charge on any atom is 0.329 e. The summed E-state index contributed by atoms with van der Waals surface area (Å²) in [6.07, 6.45) is 0.997. The molecule has 0 aliphatic heterocycles. The van der Waals surface area contributed by atoms with Crippen molar-refractivity contribution in [2.75, 3.05) is 0 Å². The summed E-state index contributed by atoms with van der Waals surface area (Å²) in [5, 5.41) is 11.5. The maximum absolute atomic E-state index is 11.8. The van der Waals surface area contributed by atoms with E-state index in [1.165, 1.54) is 0 Å². The number of carbonyl (C=O) groups is 2.